The van der Waals surface area contributed by atoms with Gasteiger partial charge in [0.05, 0.1) is 12.5 Å². The molecule has 1 heterocycles. The van der Waals surface area contributed by atoms with Gasteiger partial charge in [-0.3, -0.25) is 4.98 Å². The van der Waals surface area contributed by atoms with Gasteiger partial charge < -0.3 is 0 Å². The van der Waals surface area contributed by atoms with Crippen LogP contribution in [0.3, 0.4) is 0 Å². The maximum atomic E-state index is 13.4. The number of rotatable bonds is 1. The van der Waals surface area contributed by atoms with Crippen molar-refractivity contribution in [2.75, 3.05) is 0 Å². The molecule has 0 amide bonds. The lowest BCUT2D eigenvalue weighted by molar-refractivity contribution is 0.636. The first-order valence-electron chi connectivity index (χ1n) is 4.64. The number of para-hydroxylation sites is 1. The Morgan fingerprint density at radius 2 is 2.27 bits per heavy atom. The molecule has 0 spiro atoms. The van der Waals surface area contributed by atoms with Gasteiger partial charge in [0, 0.05) is 11.1 Å². The quantitative estimate of drug-likeness (QED) is 0.709. The summed E-state index contributed by atoms with van der Waals surface area (Å²) in [7, 11) is 0. The van der Waals surface area contributed by atoms with E-state index in [1.54, 1.807) is 19.1 Å². The highest BCUT2D eigenvalue weighted by molar-refractivity contribution is 5.83. The summed E-state index contributed by atoms with van der Waals surface area (Å²) >= 11 is 0. The summed E-state index contributed by atoms with van der Waals surface area (Å²) in [5, 5.41) is 9.40. The number of fused-ring (bicyclic) bond motifs is 1. The molecule has 0 atom stereocenters. The van der Waals surface area contributed by atoms with E-state index in [1.165, 1.54) is 6.07 Å². The first-order chi connectivity index (χ1) is 7.22. The summed E-state index contributed by atoms with van der Waals surface area (Å²) in [6.45, 7) is 1.80. The number of pyridine rings is 1. The van der Waals surface area contributed by atoms with Crippen LogP contribution >= 0.6 is 0 Å². The van der Waals surface area contributed by atoms with Crippen LogP contribution in [-0.2, 0) is 6.42 Å². The van der Waals surface area contributed by atoms with E-state index in [4.69, 9.17) is 5.26 Å². The maximum Gasteiger partial charge on any atom is 0.149 e. The van der Waals surface area contributed by atoms with Gasteiger partial charge in [-0.05, 0) is 24.6 Å². The topological polar surface area (TPSA) is 36.7 Å². The van der Waals surface area contributed by atoms with E-state index in [0.29, 0.717) is 5.52 Å². The zero-order chi connectivity index (χ0) is 10.8. The van der Waals surface area contributed by atoms with Gasteiger partial charge >= 0.3 is 0 Å². The number of aryl methyl sites for hydroxylation is 1. The van der Waals surface area contributed by atoms with Crippen LogP contribution in [0.15, 0.2) is 24.3 Å². The van der Waals surface area contributed by atoms with Gasteiger partial charge in [-0.2, -0.15) is 5.26 Å². The summed E-state index contributed by atoms with van der Waals surface area (Å²) in [6.07, 6.45) is 0.281. The SMILES string of the molecule is Cc1cc(CC#N)c2cccc(F)c2n1. The molecule has 0 radical (unpaired) electrons. The molecule has 0 unspecified atom stereocenters. The Bertz CT molecular complexity index is 555. The molecule has 1 aromatic heterocycles. The molecule has 3 heteroatoms. The Morgan fingerprint density at radius 3 is 3.00 bits per heavy atom. The van der Waals surface area contributed by atoms with Crippen molar-refractivity contribution in [2.45, 2.75) is 13.3 Å². The van der Waals surface area contributed by atoms with E-state index in [1.807, 2.05) is 6.07 Å². The first kappa shape index (κ1) is 9.60. The fourth-order valence-corrected chi connectivity index (χ4v) is 1.66. The van der Waals surface area contributed by atoms with Crippen molar-refractivity contribution in [3.8, 4) is 6.07 Å². The fourth-order valence-electron chi connectivity index (χ4n) is 1.66. The van der Waals surface area contributed by atoms with Gasteiger partial charge in [-0.15, -0.1) is 0 Å². The van der Waals surface area contributed by atoms with Crippen molar-refractivity contribution < 1.29 is 4.39 Å². The molecule has 0 saturated heterocycles. The van der Waals surface area contributed by atoms with Crippen molar-refractivity contribution in [2.24, 2.45) is 0 Å². The predicted molar refractivity (Wildman–Crippen MR) is 55.8 cm³/mol. The lowest BCUT2D eigenvalue weighted by atomic mass is 10.1. The summed E-state index contributed by atoms with van der Waals surface area (Å²) in [4.78, 5) is 4.13. The minimum atomic E-state index is -0.338. The minimum Gasteiger partial charge on any atom is -0.250 e. The van der Waals surface area contributed by atoms with Crippen molar-refractivity contribution in [1.82, 2.24) is 4.98 Å². The summed E-state index contributed by atoms with van der Waals surface area (Å²) in [6, 6.07) is 8.70. The molecule has 2 aromatic rings. The molecule has 1 aromatic carbocycles. The number of halogens is 1. The van der Waals surface area contributed by atoms with Gasteiger partial charge in [-0.25, -0.2) is 4.39 Å². The third-order valence-corrected chi connectivity index (χ3v) is 2.27. The molecule has 2 nitrogen and oxygen atoms in total. The number of nitriles is 1. The predicted octanol–water partition coefficient (Wildman–Crippen LogP) is 2.75. The molecule has 0 fully saturated rings. The molecule has 0 bridgehead atoms. The van der Waals surface area contributed by atoms with E-state index in [2.05, 4.69) is 11.1 Å². The summed E-state index contributed by atoms with van der Waals surface area (Å²) in [5.41, 5.74) is 1.92. The lowest BCUT2D eigenvalue weighted by Crippen LogP contribution is -1.93. The molecule has 0 saturated carbocycles. The van der Waals surface area contributed by atoms with Crippen molar-refractivity contribution in [3.05, 3.63) is 41.3 Å². The van der Waals surface area contributed by atoms with Gasteiger partial charge in [0.1, 0.15) is 11.3 Å². The molecule has 0 N–H and O–H groups in total. The molecule has 74 valence electrons. The first-order valence-corrected chi connectivity index (χ1v) is 4.64. The van der Waals surface area contributed by atoms with Crippen LogP contribution in [-0.4, -0.2) is 4.98 Å². The van der Waals surface area contributed by atoms with Crippen LogP contribution in [0.5, 0.6) is 0 Å². The average Bonchev–Trinajstić information content (AvgIpc) is 2.20. The van der Waals surface area contributed by atoms with E-state index in [-0.39, 0.29) is 12.2 Å². The third-order valence-electron chi connectivity index (χ3n) is 2.27. The van der Waals surface area contributed by atoms with Crippen molar-refractivity contribution in [1.29, 1.82) is 5.26 Å². The van der Waals surface area contributed by atoms with Crippen molar-refractivity contribution >= 4 is 10.9 Å². The maximum absolute atomic E-state index is 13.4. The highest BCUT2D eigenvalue weighted by atomic mass is 19.1. The largest absolute Gasteiger partial charge is 0.250 e. The Kier molecular flexibility index (Phi) is 2.34. The Hall–Kier alpha value is -1.95. The van der Waals surface area contributed by atoms with Gasteiger partial charge in [0.2, 0.25) is 0 Å². The highest BCUT2D eigenvalue weighted by Crippen LogP contribution is 2.20. The second-order valence-corrected chi connectivity index (χ2v) is 3.39. The zero-order valence-electron chi connectivity index (χ0n) is 8.29. The second kappa shape index (κ2) is 3.66. The summed E-state index contributed by atoms with van der Waals surface area (Å²) < 4.78 is 13.4. The van der Waals surface area contributed by atoms with E-state index in [9.17, 15) is 4.39 Å². The fraction of sp³-hybridized carbons (Fsp3) is 0.167. The number of hydrogen-bond acceptors (Lipinski definition) is 2. The number of aromatic nitrogens is 1. The Labute approximate surface area is 87.0 Å². The molecular formula is C12H9FN2. The van der Waals surface area contributed by atoms with Crippen LogP contribution in [0.2, 0.25) is 0 Å². The molecule has 15 heavy (non-hydrogen) atoms. The minimum absolute atomic E-state index is 0.281. The normalized spacial score (nSPS) is 10.2. The smallest absolute Gasteiger partial charge is 0.149 e. The Balaban J connectivity index is 2.81. The zero-order valence-corrected chi connectivity index (χ0v) is 8.29. The van der Waals surface area contributed by atoms with Crippen molar-refractivity contribution in [3.63, 3.8) is 0 Å². The summed E-state index contributed by atoms with van der Waals surface area (Å²) in [5.74, 6) is -0.338. The van der Waals surface area contributed by atoms with Crippen LogP contribution in [0.1, 0.15) is 11.3 Å². The van der Waals surface area contributed by atoms with Crippen LogP contribution < -0.4 is 0 Å². The third kappa shape index (κ3) is 1.66. The van der Waals surface area contributed by atoms with Crippen LogP contribution in [0.4, 0.5) is 4.39 Å². The monoisotopic (exact) mass is 200 g/mol. The number of hydrogen-bond donors (Lipinski definition) is 0. The van der Waals surface area contributed by atoms with E-state index in [0.717, 1.165) is 16.6 Å². The van der Waals surface area contributed by atoms with Gasteiger partial charge in [0.15, 0.2) is 0 Å². The van der Waals surface area contributed by atoms with E-state index >= 15 is 0 Å². The second-order valence-electron chi connectivity index (χ2n) is 3.39. The number of nitrogens with zero attached hydrogens (tertiary/aromatic N) is 2. The molecule has 0 aliphatic rings. The molecular weight excluding hydrogens is 191 g/mol. The highest BCUT2D eigenvalue weighted by Gasteiger charge is 2.06. The average molecular weight is 200 g/mol. The molecule has 0 aliphatic heterocycles. The molecule has 0 aliphatic carbocycles. The Morgan fingerprint density at radius 1 is 1.47 bits per heavy atom. The lowest BCUT2D eigenvalue weighted by Gasteiger charge is -2.05. The van der Waals surface area contributed by atoms with Crippen LogP contribution in [0.25, 0.3) is 10.9 Å². The van der Waals surface area contributed by atoms with Gasteiger partial charge in [-0.1, -0.05) is 12.1 Å². The number of benzene rings is 1. The standard InChI is InChI=1S/C12H9FN2/c1-8-7-9(5-6-14)10-3-2-4-11(13)12(10)15-8/h2-4,7H,5H2,1H3. The van der Waals surface area contributed by atoms with Crippen LogP contribution in [0, 0.1) is 24.1 Å². The van der Waals surface area contributed by atoms with Gasteiger partial charge in [0.25, 0.3) is 0 Å². The van der Waals surface area contributed by atoms with E-state index < -0.39 is 0 Å². The molecule has 2 rings (SSSR count).